The number of carbonyl (C=O) groups is 1. The zero-order valence-electron chi connectivity index (χ0n) is 14.6. The standard InChI is InChI=1S/C18H21N5O3/c1-13-3-5-14(6-4-13)25-10-7-15(24)26-9-2-8-23-12-22-16-17(19)20-11-21-18(16)23/h3-6,11-12H,2,7-10H2,1H3,(H2,19,20,21). The molecule has 0 fully saturated rings. The number of ether oxygens (including phenoxy) is 2. The number of hydrogen-bond donors (Lipinski definition) is 1. The van der Waals surface area contributed by atoms with Gasteiger partial charge in [0.2, 0.25) is 0 Å². The summed E-state index contributed by atoms with van der Waals surface area (Å²) in [5.74, 6) is 0.824. The Hall–Kier alpha value is -3.16. The Bertz CT molecular complexity index is 876. The van der Waals surface area contributed by atoms with Crippen molar-refractivity contribution in [2.45, 2.75) is 26.3 Å². The van der Waals surface area contributed by atoms with Gasteiger partial charge < -0.3 is 19.8 Å². The number of aromatic nitrogens is 4. The predicted octanol–water partition coefficient (Wildman–Crippen LogP) is 2.12. The summed E-state index contributed by atoms with van der Waals surface area (Å²) in [6.45, 7) is 3.25. The molecule has 0 unspecified atom stereocenters. The van der Waals surface area contributed by atoms with E-state index in [4.69, 9.17) is 15.2 Å². The molecule has 0 amide bonds. The van der Waals surface area contributed by atoms with Gasteiger partial charge in [-0.05, 0) is 25.5 Å². The van der Waals surface area contributed by atoms with Crippen molar-refractivity contribution in [3.8, 4) is 5.75 Å². The fraction of sp³-hybridized carbons (Fsp3) is 0.333. The Labute approximate surface area is 151 Å². The first kappa shape index (κ1) is 17.7. The molecular weight excluding hydrogens is 334 g/mol. The maximum atomic E-state index is 11.7. The molecule has 0 atom stereocenters. The molecule has 0 spiro atoms. The molecule has 2 heterocycles. The summed E-state index contributed by atoms with van der Waals surface area (Å²) in [6, 6.07) is 7.69. The minimum absolute atomic E-state index is 0.214. The smallest absolute Gasteiger partial charge is 0.309 e. The third kappa shape index (κ3) is 4.47. The van der Waals surface area contributed by atoms with Gasteiger partial charge in [0, 0.05) is 6.54 Å². The molecule has 2 N–H and O–H groups in total. The van der Waals surface area contributed by atoms with Crippen LogP contribution in [0.4, 0.5) is 5.82 Å². The fourth-order valence-electron chi connectivity index (χ4n) is 2.44. The zero-order valence-corrected chi connectivity index (χ0v) is 14.6. The van der Waals surface area contributed by atoms with Crippen LogP contribution in [-0.2, 0) is 16.1 Å². The lowest BCUT2D eigenvalue weighted by Crippen LogP contribution is -2.12. The van der Waals surface area contributed by atoms with Gasteiger partial charge in [0.05, 0.1) is 26.0 Å². The van der Waals surface area contributed by atoms with Crippen molar-refractivity contribution in [1.29, 1.82) is 0 Å². The van der Waals surface area contributed by atoms with Gasteiger partial charge in [-0.15, -0.1) is 0 Å². The summed E-state index contributed by atoms with van der Waals surface area (Å²) in [6.07, 6.45) is 3.93. The second-order valence-corrected chi connectivity index (χ2v) is 5.85. The molecule has 3 aromatic rings. The normalized spacial score (nSPS) is 10.8. The third-order valence-corrected chi connectivity index (χ3v) is 3.83. The van der Waals surface area contributed by atoms with E-state index < -0.39 is 0 Å². The molecule has 0 saturated carbocycles. The molecule has 136 valence electrons. The highest BCUT2D eigenvalue weighted by Crippen LogP contribution is 2.14. The SMILES string of the molecule is Cc1ccc(OCCC(=O)OCCCn2cnc3c(N)ncnc32)cc1. The van der Waals surface area contributed by atoms with E-state index in [0.29, 0.717) is 43.2 Å². The van der Waals surface area contributed by atoms with Crippen LogP contribution in [0.25, 0.3) is 11.2 Å². The van der Waals surface area contributed by atoms with Crippen LogP contribution in [0.15, 0.2) is 36.9 Å². The first-order valence-electron chi connectivity index (χ1n) is 8.40. The van der Waals surface area contributed by atoms with E-state index in [2.05, 4.69) is 15.0 Å². The highest BCUT2D eigenvalue weighted by molar-refractivity contribution is 5.81. The molecule has 0 aliphatic rings. The summed E-state index contributed by atoms with van der Waals surface area (Å²) in [7, 11) is 0. The lowest BCUT2D eigenvalue weighted by molar-refractivity contribution is -0.144. The second kappa shape index (κ2) is 8.28. The molecule has 0 bridgehead atoms. The van der Waals surface area contributed by atoms with E-state index in [0.717, 1.165) is 11.3 Å². The van der Waals surface area contributed by atoms with Gasteiger partial charge in [-0.3, -0.25) is 4.79 Å². The van der Waals surface area contributed by atoms with Gasteiger partial charge in [-0.2, -0.15) is 0 Å². The van der Waals surface area contributed by atoms with Crippen LogP contribution in [0.2, 0.25) is 0 Å². The van der Waals surface area contributed by atoms with Crippen LogP contribution in [-0.4, -0.2) is 38.7 Å². The van der Waals surface area contributed by atoms with Gasteiger partial charge in [-0.1, -0.05) is 17.7 Å². The number of fused-ring (bicyclic) bond motifs is 1. The quantitative estimate of drug-likeness (QED) is 0.487. The summed E-state index contributed by atoms with van der Waals surface area (Å²) in [4.78, 5) is 24.0. The van der Waals surface area contributed by atoms with E-state index in [-0.39, 0.29) is 12.4 Å². The summed E-state index contributed by atoms with van der Waals surface area (Å²) in [5.41, 5.74) is 8.17. The van der Waals surface area contributed by atoms with Crippen LogP contribution in [0, 0.1) is 6.92 Å². The molecule has 26 heavy (non-hydrogen) atoms. The molecular formula is C18H21N5O3. The molecule has 8 nitrogen and oxygen atoms in total. The van der Waals surface area contributed by atoms with Gasteiger partial charge in [0.1, 0.15) is 17.6 Å². The Morgan fingerprint density at radius 1 is 1.15 bits per heavy atom. The number of rotatable bonds is 8. The van der Waals surface area contributed by atoms with E-state index in [1.165, 1.54) is 6.33 Å². The number of anilines is 1. The van der Waals surface area contributed by atoms with E-state index in [9.17, 15) is 4.79 Å². The van der Waals surface area contributed by atoms with E-state index in [1.54, 1.807) is 6.33 Å². The summed E-state index contributed by atoms with van der Waals surface area (Å²) >= 11 is 0. The van der Waals surface area contributed by atoms with Gasteiger partial charge in [0.15, 0.2) is 11.5 Å². The van der Waals surface area contributed by atoms with Crippen molar-refractivity contribution in [2.24, 2.45) is 0 Å². The molecule has 0 aliphatic carbocycles. The predicted molar refractivity (Wildman–Crippen MR) is 96.6 cm³/mol. The van der Waals surface area contributed by atoms with Gasteiger partial charge in [-0.25, -0.2) is 15.0 Å². The number of nitrogen functional groups attached to an aromatic ring is 1. The number of benzene rings is 1. The molecule has 2 aromatic heterocycles. The first-order valence-corrected chi connectivity index (χ1v) is 8.40. The van der Waals surface area contributed by atoms with Gasteiger partial charge >= 0.3 is 5.97 Å². The molecule has 0 saturated heterocycles. The summed E-state index contributed by atoms with van der Waals surface area (Å²) < 4.78 is 12.6. The number of aryl methyl sites for hydroxylation is 2. The largest absolute Gasteiger partial charge is 0.493 e. The van der Waals surface area contributed by atoms with Crippen molar-refractivity contribution in [3.05, 3.63) is 42.5 Å². The van der Waals surface area contributed by atoms with Gasteiger partial charge in [0.25, 0.3) is 0 Å². The van der Waals surface area contributed by atoms with Crippen LogP contribution in [0.3, 0.4) is 0 Å². The van der Waals surface area contributed by atoms with Crippen LogP contribution >= 0.6 is 0 Å². The lowest BCUT2D eigenvalue weighted by atomic mass is 10.2. The average molecular weight is 355 g/mol. The summed E-state index contributed by atoms with van der Waals surface area (Å²) in [5, 5.41) is 0. The van der Waals surface area contributed by atoms with Crippen molar-refractivity contribution in [3.63, 3.8) is 0 Å². The van der Waals surface area contributed by atoms with Crippen LogP contribution in [0.5, 0.6) is 5.75 Å². The van der Waals surface area contributed by atoms with Crippen molar-refractivity contribution in [1.82, 2.24) is 19.5 Å². The number of nitrogens with two attached hydrogens (primary N) is 1. The number of imidazole rings is 1. The Kier molecular flexibility index (Phi) is 5.62. The minimum atomic E-state index is -0.279. The first-order chi connectivity index (χ1) is 12.6. The maximum absolute atomic E-state index is 11.7. The molecule has 1 aromatic carbocycles. The van der Waals surface area contributed by atoms with Crippen molar-refractivity contribution >= 4 is 23.0 Å². The fourth-order valence-corrected chi connectivity index (χ4v) is 2.44. The molecule has 8 heteroatoms. The topological polar surface area (TPSA) is 105 Å². The van der Waals surface area contributed by atoms with Crippen LogP contribution < -0.4 is 10.5 Å². The minimum Gasteiger partial charge on any atom is -0.493 e. The second-order valence-electron chi connectivity index (χ2n) is 5.85. The van der Waals surface area contributed by atoms with E-state index in [1.807, 2.05) is 35.8 Å². The number of nitrogens with zero attached hydrogens (tertiary/aromatic N) is 4. The molecule has 0 radical (unpaired) electrons. The number of hydrogen-bond acceptors (Lipinski definition) is 7. The number of carbonyl (C=O) groups excluding carboxylic acids is 1. The number of esters is 1. The third-order valence-electron chi connectivity index (χ3n) is 3.83. The van der Waals surface area contributed by atoms with Crippen LogP contribution in [0.1, 0.15) is 18.4 Å². The highest BCUT2D eigenvalue weighted by atomic mass is 16.5. The molecule has 3 rings (SSSR count). The highest BCUT2D eigenvalue weighted by Gasteiger charge is 2.08. The average Bonchev–Trinajstić information content (AvgIpc) is 3.05. The monoisotopic (exact) mass is 355 g/mol. The Morgan fingerprint density at radius 3 is 2.77 bits per heavy atom. The Morgan fingerprint density at radius 2 is 1.96 bits per heavy atom. The van der Waals surface area contributed by atoms with E-state index >= 15 is 0 Å². The van der Waals surface area contributed by atoms with Crippen molar-refractivity contribution < 1.29 is 14.3 Å². The van der Waals surface area contributed by atoms with Crippen molar-refractivity contribution in [2.75, 3.05) is 18.9 Å². The lowest BCUT2D eigenvalue weighted by Gasteiger charge is -2.08. The maximum Gasteiger partial charge on any atom is 0.309 e. The zero-order chi connectivity index (χ0) is 18.4. The Balaban J connectivity index is 1.36. The molecule has 0 aliphatic heterocycles.